The van der Waals surface area contributed by atoms with E-state index in [0.717, 1.165) is 12.8 Å². The molecule has 0 amide bonds. The molecule has 0 radical (unpaired) electrons. The number of allylic oxidation sites excluding steroid dienone is 1. The Morgan fingerprint density at radius 3 is 2.73 bits per heavy atom. The number of carboxylic acids is 1. The van der Waals surface area contributed by atoms with Crippen LogP contribution in [0.1, 0.15) is 26.2 Å². The minimum Gasteiger partial charge on any atom is -0.480 e. The third-order valence-corrected chi connectivity index (χ3v) is 1.33. The highest BCUT2D eigenvalue weighted by Gasteiger charge is 2.07. The standard InChI is InChI=1S/C8H15NO2/c1-2-3-4-5-6-7(9)8(10)11/h4-5,7H,2-3,6,9H2,1H3,(H,10,11)/b5-4+. The van der Waals surface area contributed by atoms with Gasteiger partial charge in [0.15, 0.2) is 0 Å². The smallest absolute Gasteiger partial charge is 0.320 e. The molecule has 0 aliphatic carbocycles. The van der Waals surface area contributed by atoms with Crippen molar-refractivity contribution >= 4 is 5.97 Å². The lowest BCUT2D eigenvalue weighted by Gasteiger charge is -1.99. The van der Waals surface area contributed by atoms with Gasteiger partial charge in [0.25, 0.3) is 0 Å². The minimum absolute atomic E-state index is 0.426. The average Bonchev–Trinajstić information content (AvgIpc) is 1.97. The zero-order valence-electron chi connectivity index (χ0n) is 6.79. The number of rotatable bonds is 5. The number of unbranched alkanes of at least 4 members (excludes halogenated alkanes) is 1. The van der Waals surface area contributed by atoms with Gasteiger partial charge in [-0.25, -0.2) is 0 Å². The second-order valence-corrected chi connectivity index (χ2v) is 2.44. The summed E-state index contributed by atoms with van der Waals surface area (Å²) < 4.78 is 0. The Morgan fingerprint density at radius 2 is 2.27 bits per heavy atom. The first kappa shape index (κ1) is 10.2. The van der Waals surface area contributed by atoms with Crippen LogP contribution in [0, 0.1) is 0 Å². The molecule has 0 heterocycles. The zero-order valence-corrected chi connectivity index (χ0v) is 6.79. The number of hydrogen-bond acceptors (Lipinski definition) is 2. The Bertz CT molecular complexity index is 143. The molecule has 3 nitrogen and oxygen atoms in total. The SMILES string of the molecule is CCC/C=C/CC(N)C(=O)O. The summed E-state index contributed by atoms with van der Waals surface area (Å²) in [6.45, 7) is 2.07. The van der Waals surface area contributed by atoms with E-state index in [1.807, 2.05) is 12.2 Å². The van der Waals surface area contributed by atoms with Gasteiger partial charge in [0.05, 0.1) is 0 Å². The predicted octanol–water partition coefficient (Wildman–Crippen LogP) is 1.14. The predicted molar refractivity (Wildman–Crippen MR) is 44.3 cm³/mol. The van der Waals surface area contributed by atoms with Gasteiger partial charge in [0.2, 0.25) is 0 Å². The molecule has 0 saturated heterocycles. The first-order chi connectivity index (χ1) is 5.18. The quantitative estimate of drug-likeness (QED) is 0.588. The van der Waals surface area contributed by atoms with E-state index in [4.69, 9.17) is 10.8 Å². The normalized spacial score (nSPS) is 13.6. The number of hydrogen-bond donors (Lipinski definition) is 2. The van der Waals surface area contributed by atoms with Crippen molar-refractivity contribution in [3.63, 3.8) is 0 Å². The van der Waals surface area contributed by atoms with E-state index in [9.17, 15) is 4.79 Å². The van der Waals surface area contributed by atoms with Crippen LogP contribution in [0.2, 0.25) is 0 Å². The molecule has 3 N–H and O–H groups in total. The maximum absolute atomic E-state index is 10.2. The van der Waals surface area contributed by atoms with Crippen LogP contribution in [-0.4, -0.2) is 17.1 Å². The monoisotopic (exact) mass is 157 g/mol. The second kappa shape index (κ2) is 5.92. The van der Waals surface area contributed by atoms with Gasteiger partial charge in [-0.2, -0.15) is 0 Å². The summed E-state index contributed by atoms with van der Waals surface area (Å²) in [5.41, 5.74) is 5.25. The molecule has 64 valence electrons. The molecular weight excluding hydrogens is 142 g/mol. The van der Waals surface area contributed by atoms with Crippen LogP contribution in [0.5, 0.6) is 0 Å². The maximum atomic E-state index is 10.2. The van der Waals surface area contributed by atoms with Gasteiger partial charge in [0.1, 0.15) is 6.04 Å². The third-order valence-electron chi connectivity index (χ3n) is 1.33. The summed E-state index contributed by atoms with van der Waals surface area (Å²) in [5, 5.41) is 8.38. The van der Waals surface area contributed by atoms with Crippen molar-refractivity contribution in [1.82, 2.24) is 0 Å². The molecule has 0 aromatic heterocycles. The Labute approximate surface area is 66.9 Å². The van der Waals surface area contributed by atoms with E-state index in [0.29, 0.717) is 6.42 Å². The summed E-state index contributed by atoms with van der Waals surface area (Å²) in [6, 6.07) is -0.747. The Kier molecular flexibility index (Phi) is 5.47. The molecule has 0 bridgehead atoms. The van der Waals surface area contributed by atoms with Crippen LogP contribution >= 0.6 is 0 Å². The van der Waals surface area contributed by atoms with Crippen molar-refractivity contribution in [2.24, 2.45) is 5.73 Å². The highest BCUT2D eigenvalue weighted by molar-refractivity contribution is 5.73. The van der Waals surface area contributed by atoms with E-state index >= 15 is 0 Å². The fourth-order valence-corrected chi connectivity index (χ4v) is 0.628. The zero-order chi connectivity index (χ0) is 8.69. The molecule has 1 atom stereocenters. The third kappa shape index (κ3) is 5.61. The van der Waals surface area contributed by atoms with Gasteiger partial charge in [-0.05, 0) is 12.8 Å². The van der Waals surface area contributed by atoms with Gasteiger partial charge in [-0.15, -0.1) is 0 Å². The molecule has 0 aliphatic heterocycles. The number of carboxylic acid groups (broad SMARTS) is 1. The molecule has 0 aromatic rings. The largest absolute Gasteiger partial charge is 0.480 e. The molecular formula is C8H15NO2. The summed E-state index contributed by atoms with van der Waals surface area (Å²) >= 11 is 0. The van der Waals surface area contributed by atoms with E-state index in [-0.39, 0.29) is 0 Å². The van der Waals surface area contributed by atoms with Crippen molar-refractivity contribution in [2.45, 2.75) is 32.2 Å². The van der Waals surface area contributed by atoms with Crippen molar-refractivity contribution in [3.05, 3.63) is 12.2 Å². The van der Waals surface area contributed by atoms with Gasteiger partial charge in [0, 0.05) is 0 Å². The fourth-order valence-electron chi connectivity index (χ4n) is 0.628. The highest BCUT2D eigenvalue weighted by Crippen LogP contribution is 1.94. The van der Waals surface area contributed by atoms with Crippen molar-refractivity contribution in [2.75, 3.05) is 0 Å². The van der Waals surface area contributed by atoms with Crippen LogP contribution in [0.3, 0.4) is 0 Å². The lowest BCUT2D eigenvalue weighted by Crippen LogP contribution is -2.29. The molecule has 1 unspecified atom stereocenters. The summed E-state index contributed by atoms with van der Waals surface area (Å²) in [6.07, 6.45) is 6.28. The summed E-state index contributed by atoms with van der Waals surface area (Å²) in [4.78, 5) is 10.2. The molecule has 0 spiro atoms. The molecule has 0 aliphatic rings. The van der Waals surface area contributed by atoms with Crippen molar-refractivity contribution in [1.29, 1.82) is 0 Å². The molecule has 0 fully saturated rings. The maximum Gasteiger partial charge on any atom is 0.320 e. The molecule has 0 rings (SSSR count). The molecule has 0 saturated carbocycles. The van der Waals surface area contributed by atoms with Gasteiger partial charge in [-0.1, -0.05) is 25.5 Å². The summed E-state index contributed by atoms with van der Waals surface area (Å²) in [5.74, 6) is -0.939. The second-order valence-electron chi connectivity index (χ2n) is 2.44. The van der Waals surface area contributed by atoms with Crippen LogP contribution in [-0.2, 0) is 4.79 Å². The van der Waals surface area contributed by atoms with Crippen LogP contribution in [0.4, 0.5) is 0 Å². The number of carbonyl (C=O) groups is 1. The lowest BCUT2D eigenvalue weighted by molar-refractivity contribution is -0.138. The van der Waals surface area contributed by atoms with Gasteiger partial charge >= 0.3 is 5.97 Å². The summed E-state index contributed by atoms with van der Waals surface area (Å²) in [7, 11) is 0. The van der Waals surface area contributed by atoms with Crippen LogP contribution in [0.25, 0.3) is 0 Å². The first-order valence-corrected chi connectivity index (χ1v) is 3.81. The first-order valence-electron chi connectivity index (χ1n) is 3.81. The minimum atomic E-state index is -0.939. The topological polar surface area (TPSA) is 63.3 Å². The van der Waals surface area contributed by atoms with E-state index in [1.54, 1.807) is 0 Å². The van der Waals surface area contributed by atoms with Gasteiger partial charge in [-0.3, -0.25) is 4.79 Å². The van der Waals surface area contributed by atoms with E-state index < -0.39 is 12.0 Å². The average molecular weight is 157 g/mol. The van der Waals surface area contributed by atoms with Crippen molar-refractivity contribution < 1.29 is 9.90 Å². The number of nitrogens with two attached hydrogens (primary N) is 1. The van der Waals surface area contributed by atoms with Gasteiger partial charge < -0.3 is 10.8 Å². The van der Waals surface area contributed by atoms with Crippen LogP contribution < -0.4 is 5.73 Å². The number of aliphatic carboxylic acids is 1. The highest BCUT2D eigenvalue weighted by atomic mass is 16.4. The van der Waals surface area contributed by atoms with Crippen LogP contribution in [0.15, 0.2) is 12.2 Å². The Hall–Kier alpha value is -0.830. The molecule has 0 aromatic carbocycles. The lowest BCUT2D eigenvalue weighted by atomic mass is 10.2. The fraction of sp³-hybridized carbons (Fsp3) is 0.625. The molecule has 11 heavy (non-hydrogen) atoms. The Balaban J connectivity index is 3.44. The molecule has 3 heteroatoms. The Morgan fingerprint density at radius 1 is 1.64 bits per heavy atom. The van der Waals surface area contributed by atoms with E-state index in [1.165, 1.54) is 0 Å². The van der Waals surface area contributed by atoms with Crippen molar-refractivity contribution in [3.8, 4) is 0 Å². The van der Waals surface area contributed by atoms with E-state index in [2.05, 4.69) is 6.92 Å².